The molecule has 1 rings (SSSR count). The number of nitrogens with zero attached hydrogens (tertiary/aromatic N) is 1. The van der Waals surface area contributed by atoms with Crippen molar-refractivity contribution in [1.82, 2.24) is 0 Å². The summed E-state index contributed by atoms with van der Waals surface area (Å²) >= 11 is 0. The molecule has 0 saturated heterocycles. The Balaban J connectivity index is 2.92. The van der Waals surface area contributed by atoms with Crippen LogP contribution in [0.1, 0.15) is 0 Å². The quantitative estimate of drug-likeness (QED) is 0.616. The fourth-order valence-corrected chi connectivity index (χ4v) is 0.735. The Bertz CT molecular complexity index is 285. The molecule has 0 radical (unpaired) electrons. The van der Waals surface area contributed by atoms with Gasteiger partial charge < -0.3 is 5.11 Å². The lowest BCUT2D eigenvalue weighted by Crippen LogP contribution is -2.02. The predicted octanol–water partition coefficient (Wildman–Crippen LogP) is 0.629. The Morgan fingerprint density at radius 2 is 2.00 bits per heavy atom. The van der Waals surface area contributed by atoms with E-state index in [2.05, 4.69) is 4.99 Å². The zero-order chi connectivity index (χ0) is 8.81. The Kier molecular flexibility index (Phi) is 3.17. The van der Waals surface area contributed by atoms with Gasteiger partial charge in [0.25, 0.3) is 5.91 Å². The molecule has 0 aromatic rings. The molecule has 62 valence electrons. The molecule has 0 unspecified atom stereocenters. The molecule has 0 bridgehead atoms. The van der Waals surface area contributed by atoms with Crippen molar-refractivity contribution < 1.29 is 9.90 Å². The van der Waals surface area contributed by atoms with Gasteiger partial charge in [0, 0.05) is 11.8 Å². The normalized spacial score (nSPS) is 16.8. The summed E-state index contributed by atoms with van der Waals surface area (Å²) in [6.07, 6.45) is 9.82. The van der Waals surface area contributed by atoms with Crippen LogP contribution >= 0.6 is 0 Å². The standard InChI is InChI=1S/C9H9NO2/c11-7-8-5-3-1-2-4-6-10-9(8)12/h1-6,11H,7H2. The zero-order valence-corrected chi connectivity index (χ0v) is 6.47. The highest BCUT2D eigenvalue weighted by atomic mass is 16.3. The van der Waals surface area contributed by atoms with Gasteiger partial charge in [-0.25, -0.2) is 4.99 Å². The minimum Gasteiger partial charge on any atom is -0.391 e. The van der Waals surface area contributed by atoms with E-state index in [0.29, 0.717) is 5.57 Å². The second-order valence-corrected chi connectivity index (χ2v) is 2.20. The third-order valence-electron chi connectivity index (χ3n) is 1.35. The third kappa shape index (κ3) is 2.29. The minimum atomic E-state index is -0.395. The molecular weight excluding hydrogens is 154 g/mol. The molecule has 1 aliphatic heterocycles. The summed E-state index contributed by atoms with van der Waals surface area (Å²) in [6.45, 7) is -0.277. The molecule has 12 heavy (non-hydrogen) atoms. The molecule has 0 atom stereocenters. The number of carbonyl (C=O) groups excluding carboxylic acids is 1. The average Bonchev–Trinajstić information content (AvgIpc) is 2.17. The number of aliphatic hydroxyl groups is 1. The van der Waals surface area contributed by atoms with Gasteiger partial charge in [-0.05, 0) is 6.08 Å². The van der Waals surface area contributed by atoms with Crippen molar-refractivity contribution in [3.8, 4) is 0 Å². The van der Waals surface area contributed by atoms with Gasteiger partial charge in [-0.15, -0.1) is 0 Å². The molecule has 0 aromatic carbocycles. The van der Waals surface area contributed by atoms with Crippen molar-refractivity contribution in [3.63, 3.8) is 0 Å². The Morgan fingerprint density at radius 1 is 1.25 bits per heavy atom. The van der Waals surface area contributed by atoms with E-state index in [1.165, 1.54) is 6.21 Å². The summed E-state index contributed by atoms with van der Waals surface area (Å²) in [4.78, 5) is 14.6. The number of aliphatic imine (C=N–C) groups is 1. The van der Waals surface area contributed by atoms with Crippen LogP contribution in [0.2, 0.25) is 0 Å². The van der Waals surface area contributed by atoms with E-state index in [-0.39, 0.29) is 6.61 Å². The van der Waals surface area contributed by atoms with E-state index in [4.69, 9.17) is 5.11 Å². The fourth-order valence-electron chi connectivity index (χ4n) is 0.735. The van der Waals surface area contributed by atoms with E-state index in [1.54, 1.807) is 30.4 Å². The molecule has 3 heteroatoms. The summed E-state index contributed by atoms with van der Waals surface area (Å²) in [5, 5.41) is 8.75. The van der Waals surface area contributed by atoms with Crippen LogP contribution in [0.4, 0.5) is 0 Å². The molecular formula is C9H9NO2. The van der Waals surface area contributed by atoms with Gasteiger partial charge in [0.1, 0.15) is 0 Å². The smallest absolute Gasteiger partial charge is 0.275 e. The molecule has 3 nitrogen and oxygen atoms in total. The van der Waals surface area contributed by atoms with Crippen LogP contribution in [0.3, 0.4) is 0 Å². The first-order chi connectivity index (χ1) is 5.84. The molecule has 1 heterocycles. The van der Waals surface area contributed by atoms with Gasteiger partial charge in [-0.2, -0.15) is 0 Å². The molecule has 0 aliphatic carbocycles. The lowest BCUT2D eigenvalue weighted by Gasteiger charge is -1.93. The van der Waals surface area contributed by atoms with Crippen LogP contribution in [0, 0.1) is 0 Å². The van der Waals surface area contributed by atoms with Gasteiger partial charge in [0.15, 0.2) is 0 Å². The maximum Gasteiger partial charge on any atom is 0.275 e. The molecule has 0 aromatic heterocycles. The number of hydrogen-bond donors (Lipinski definition) is 1. The second-order valence-electron chi connectivity index (χ2n) is 2.20. The van der Waals surface area contributed by atoms with Crippen LogP contribution < -0.4 is 0 Å². The number of hydrogen-bond acceptors (Lipinski definition) is 2. The van der Waals surface area contributed by atoms with Gasteiger partial charge in [-0.1, -0.05) is 24.3 Å². The van der Waals surface area contributed by atoms with Crippen molar-refractivity contribution in [1.29, 1.82) is 0 Å². The van der Waals surface area contributed by atoms with Gasteiger partial charge in [0.05, 0.1) is 6.61 Å². The second kappa shape index (κ2) is 4.41. The van der Waals surface area contributed by atoms with Crippen molar-refractivity contribution in [2.75, 3.05) is 6.61 Å². The molecule has 0 spiro atoms. The van der Waals surface area contributed by atoms with E-state index in [0.717, 1.165) is 0 Å². The Labute approximate surface area is 70.4 Å². The topological polar surface area (TPSA) is 49.7 Å². The largest absolute Gasteiger partial charge is 0.391 e. The Morgan fingerprint density at radius 3 is 2.75 bits per heavy atom. The van der Waals surface area contributed by atoms with Crippen molar-refractivity contribution in [2.45, 2.75) is 0 Å². The molecule has 1 aliphatic rings. The average molecular weight is 163 g/mol. The molecule has 0 fully saturated rings. The molecule has 0 saturated carbocycles. The van der Waals surface area contributed by atoms with Crippen molar-refractivity contribution >= 4 is 12.1 Å². The fraction of sp³-hybridized carbons (Fsp3) is 0.111. The predicted molar refractivity (Wildman–Crippen MR) is 46.9 cm³/mol. The molecule has 1 amide bonds. The number of rotatable bonds is 1. The SMILES string of the molecule is O=C1N=CC=CC=CC=C1CO. The van der Waals surface area contributed by atoms with E-state index < -0.39 is 5.91 Å². The van der Waals surface area contributed by atoms with Crippen LogP contribution in [-0.2, 0) is 4.79 Å². The first-order valence-corrected chi connectivity index (χ1v) is 3.56. The number of carbonyl (C=O) groups is 1. The third-order valence-corrected chi connectivity index (χ3v) is 1.35. The highest BCUT2D eigenvalue weighted by Gasteiger charge is 2.03. The maximum absolute atomic E-state index is 11.1. The van der Waals surface area contributed by atoms with E-state index >= 15 is 0 Å². The lowest BCUT2D eigenvalue weighted by atomic mass is 10.2. The van der Waals surface area contributed by atoms with Crippen LogP contribution in [-0.4, -0.2) is 23.8 Å². The summed E-state index contributed by atoms with van der Waals surface area (Å²) in [7, 11) is 0. The van der Waals surface area contributed by atoms with Crippen LogP contribution in [0.25, 0.3) is 0 Å². The monoisotopic (exact) mass is 163 g/mol. The summed E-state index contributed by atoms with van der Waals surface area (Å²) < 4.78 is 0. The summed E-state index contributed by atoms with van der Waals surface area (Å²) in [5.41, 5.74) is 0.297. The van der Waals surface area contributed by atoms with E-state index in [1.807, 2.05) is 0 Å². The number of amides is 1. The minimum absolute atomic E-state index is 0.277. The van der Waals surface area contributed by atoms with E-state index in [9.17, 15) is 4.79 Å². The van der Waals surface area contributed by atoms with Crippen LogP contribution in [0.5, 0.6) is 0 Å². The Hall–Kier alpha value is -1.48. The maximum atomic E-state index is 11.1. The van der Waals surface area contributed by atoms with Crippen LogP contribution in [0.15, 0.2) is 40.9 Å². The first kappa shape index (κ1) is 8.62. The first-order valence-electron chi connectivity index (χ1n) is 3.56. The number of allylic oxidation sites excluding steroid dienone is 5. The van der Waals surface area contributed by atoms with Gasteiger partial charge in [-0.3, -0.25) is 4.79 Å². The molecule has 1 N–H and O–H groups in total. The number of aliphatic hydroxyl groups excluding tert-OH is 1. The summed E-state index contributed by atoms with van der Waals surface area (Å²) in [6, 6.07) is 0. The highest BCUT2D eigenvalue weighted by Crippen LogP contribution is 1.98. The zero-order valence-electron chi connectivity index (χ0n) is 6.47. The van der Waals surface area contributed by atoms with Gasteiger partial charge in [0.2, 0.25) is 0 Å². The highest BCUT2D eigenvalue weighted by molar-refractivity contribution is 6.00. The van der Waals surface area contributed by atoms with Gasteiger partial charge >= 0.3 is 0 Å². The van der Waals surface area contributed by atoms with Crippen molar-refractivity contribution in [3.05, 3.63) is 36.0 Å². The van der Waals surface area contributed by atoms with Crippen molar-refractivity contribution in [2.24, 2.45) is 4.99 Å². The lowest BCUT2D eigenvalue weighted by molar-refractivity contribution is -0.114. The summed E-state index contributed by atoms with van der Waals surface area (Å²) in [5.74, 6) is -0.395.